The fraction of sp³-hybridized carbons (Fsp3) is 0.300. The third kappa shape index (κ3) is 2.27. The molecule has 0 saturated heterocycles. The molecular formula is C10H10FNO. The van der Waals surface area contributed by atoms with Crippen LogP contribution in [0.2, 0.25) is 0 Å². The minimum absolute atomic E-state index is 0.0342. The van der Waals surface area contributed by atoms with Crippen LogP contribution >= 0.6 is 0 Å². The van der Waals surface area contributed by atoms with Gasteiger partial charge in [0.2, 0.25) is 0 Å². The molecule has 0 amide bonds. The van der Waals surface area contributed by atoms with E-state index in [1.165, 1.54) is 18.2 Å². The number of benzene rings is 1. The van der Waals surface area contributed by atoms with E-state index >= 15 is 0 Å². The van der Waals surface area contributed by atoms with Gasteiger partial charge in [0.05, 0.1) is 18.6 Å². The highest BCUT2D eigenvalue weighted by atomic mass is 19.1. The normalized spacial score (nSPS) is 12.2. The van der Waals surface area contributed by atoms with E-state index in [2.05, 4.69) is 0 Å². The molecule has 0 heterocycles. The van der Waals surface area contributed by atoms with Crippen LogP contribution in [-0.4, -0.2) is 5.11 Å². The number of halogens is 1. The second-order valence-corrected chi connectivity index (χ2v) is 2.88. The third-order valence-corrected chi connectivity index (χ3v) is 1.88. The average Bonchev–Trinajstić information content (AvgIpc) is 2.04. The van der Waals surface area contributed by atoms with Crippen LogP contribution in [0.3, 0.4) is 0 Å². The highest BCUT2D eigenvalue weighted by Gasteiger charge is 2.09. The van der Waals surface area contributed by atoms with Gasteiger partial charge in [0, 0.05) is 0 Å². The summed E-state index contributed by atoms with van der Waals surface area (Å²) < 4.78 is 12.7. The van der Waals surface area contributed by atoms with Gasteiger partial charge in [0.25, 0.3) is 0 Å². The SMILES string of the molecule is Cc1cc(F)ccc1C(O)CC#N. The second-order valence-electron chi connectivity index (χ2n) is 2.88. The lowest BCUT2D eigenvalue weighted by Crippen LogP contribution is -1.99. The molecule has 1 unspecified atom stereocenters. The first kappa shape index (κ1) is 9.69. The summed E-state index contributed by atoms with van der Waals surface area (Å²) >= 11 is 0. The first-order valence-corrected chi connectivity index (χ1v) is 3.96. The zero-order chi connectivity index (χ0) is 9.84. The maximum Gasteiger partial charge on any atom is 0.123 e. The zero-order valence-electron chi connectivity index (χ0n) is 7.29. The predicted molar refractivity (Wildman–Crippen MR) is 46.3 cm³/mol. The fourth-order valence-electron chi connectivity index (χ4n) is 1.21. The Balaban J connectivity index is 2.96. The highest BCUT2D eigenvalue weighted by molar-refractivity contribution is 5.28. The van der Waals surface area contributed by atoms with Crippen LogP contribution in [0.1, 0.15) is 23.7 Å². The maximum absolute atomic E-state index is 12.7. The molecule has 13 heavy (non-hydrogen) atoms. The summed E-state index contributed by atoms with van der Waals surface area (Å²) in [4.78, 5) is 0. The zero-order valence-corrected chi connectivity index (χ0v) is 7.29. The molecule has 0 radical (unpaired) electrons. The maximum atomic E-state index is 12.7. The van der Waals surface area contributed by atoms with Gasteiger partial charge >= 0.3 is 0 Å². The molecule has 0 aliphatic heterocycles. The van der Waals surface area contributed by atoms with Gasteiger partial charge in [-0.1, -0.05) is 6.07 Å². The van der Waals surface area contributed by atoms with Crippen LogP contribution < -0.4 is 0 Å². The van der Waals surface area contributed by atoms with Gasteiger partial charge < -0.3 is 5.11 Å². The standard InChI is InChI=1S/C10H10FNO/c1-7-6-8(11)2-3-9(7)10(13)4-5-12/h2-3,6,10,13H,4H2,1H3. The Morgan fingerprint density at radius 1 is 1.62 bits per heavy atom. The number of aryl methyl sites for hydroxylation is 1. The van der Waals surface area contributed by atoms with Gasteiger partial charge in [-0.3, -0.25) is 0 Å². The number of nitriles is 1. The van der Waals surface area contributed by atoms with E-state index in [0.29, 0.717) is 11.1 Å². The van der Waals surface area contributed by atoms with E-state index < -0.39 is 6.10 Å². The van der Waals surface area contributed by atoms with Crippen LogP contribution in [-0.2, 0) is 0 Å². The molecule has 0 spiro atoms. The van der Waals surface area contributed by atoms with E-state index in [-0.39, 0.29) is 12.2 Å². The fourth-order valence-corrected chi connectivity index (χ4v) is 1.21. The smallest absolute Gasteiger partial charge is 0.123 e. The monoisotopic (exact) mass is 179 g/mol. The average molecular weight is 179 g/mol. The molecule has 1 N–H and O–H groups in total. The van der Waals surface area contributed by atoms with Gasteiger partial charge in [-0.15, -0.1) is 0 Å². The molecular weight excluding hydrogens is 169 g/mol. The van der Waals surface area contributed by atoms with Crippen LogP contribution in [0.4, 0.5) is 4.39 Å². The minimum Gasteiger partial charge on any atom is -0.387 e. The van der Waals surface area contributed by atoms with E-state index in [0.717, 1.165) is 0 Å². The van der Waals surface area contributed by atoms with Crippen LogP contribution in [0.25, 0.3) is 0 Å². The Morgan fingerprint density at radius 3 is 2.85 bits per heavy atom. The summed E-state index contributed by atoms with van der Waals surface area (Å²) in [5, 5.41) is 17.8. The quantitative estimate of drug-likeness (QED) is 0.755. The topological polar surface area (TPSA) is 44.0 Å². The summed E-state index contributed by atoms with van der Waals surface area (Å²) in [7, 11) is 0. The Kier molecular flexibility index (Phi) is 2.99. The first-order valence-electron chi connectivity index (χ1n) is 3.96. The molecule has 1 atom stereocenters. The lowest BCUT2D eigenvalue weighted by molar-refractivity contribution is 0.182. The van der Waals surface area contributed by atoms with Crippen molar-refractivity contribution in [3.05, 3.63) is 35.1 Å². The van der Waals surface area contributed by atoms with Crippen LogP contribution in [0.5, 0.6) is 0 Å². The number of nitrogens with zero attached hydrogens (tertiary/aromatic N) is 1. The molecule has 0 bridgehead atoms. The molecule has 0 aromatic heterocycles. The third-order valence-electron chi connectivity index (χ3n) is 1.88. The number of hydrogen-bond donors (Lipinski definition) is 1. The molecule has 0 saturated carbocycles. The van der Waals surface area contributed by atoms with Crippen molar-refractivity contribution in [3.63, 3.8) is 0 Å². The number of hydrogen-bond acceptors (Lipinski definition) is 2. The summed E-state index contributed by atoms with van der Waals surface area (Å²) in [5.74, 6) is -0.328. The summed E-state index contributed by atoms with van der Waals surface area (Å²) in [5.41, 5.74) is 1.28. The van der Waals surface area contributed by atoms with Gasteiger partial charge in [-0.05, 0) is 30.2 Å². The lowest BCUT2D eigenvalue weighted by Gasteiger charge is -2.09. The number of rotatable bonds is 2. The molecule has 3 heteroatoms. The van der Waals surface area contributed by atoms with Crippen molar-refractivity contribution in [1.82, 2.24) is 0 Å². The summed E-state index contributed by atoms with van der Waals surface area (Å²) in [6, 6.07) is 5.99. The second kappa shape index (κ2) is 4.01. The Hall–Kier alpha value is -1.40. The predicted octanol–water partition coefficient (Wildman–Crippen LogP) is 2.08. The molecule has 0 aliphatic carbocycles. The minimum atomic E-state index is -0.814. The van der Waals surface area contributed by atoms with Crippen molar-refractivity contribution >= 4 is 0 Å². The van der Waals surface area contributed by atoms with E-state index in [1.54, 1.807) is 6.92 Å². The van der Waals surface area contributed by atoms with E-state index in [9.17, 15) is 9.50 Å². The molecule has 1 aromatic carbocycles. The molecule has 1 aromatic rings. The van der Waals surface area contributed by atoms with E-state index in [4.69, 9.17) is 5.26 Å². The van der Waals surface area contributed by atoms with Gasteiger partial charge in [-0.25, -0.2) is 4.39 Å². The Bertz CT molecular complexity index is 343. The molecule has 1 rings (SSSR count). The van der Waals surface area contributed by atoms with Gasteiger partial charge in [-0.2, -0.15) is 5.26 Å². The molecule has 2 nitrogen and oxygen atoms in total. The van der Waals surface area contributed by atoms with E-state index in [1.807, 2.05) is 6.07 Å². The van der Waals surface area contributed by atoms with Gasteiger partial charge in [0.1, 0.15) is 5.82 Å². The molecule has 68 valence electrons. The van der Waals surface area contributed by atoms with Crippen molar-refractivity contribution in [2.75, 3.05) is 0 Å². The van der Waals surface area contributed by atoms with Crippen LogP contribution in [0, 0.1) is 24.1 Å². The molecule has 0 aliphatic rings. The summed E-state index contributed by atoms with van der Waals surface area (Å²) in [6.07, 6.45) is -0.780. The molecule has 0 fully saturated rings. The lowest BCUT2D eigenvalue weighted by atomic mass is 10.0. The van der Waals surface area contributed by atoms with Crippen molar-refractivity contribution in [3.8, 4) is 6.07 Å². The van der Waals surface area contributed by atoms with Crippen molar-refractivity contribution in [2.24, 2.45) is 0 Å². The van der Waals surface area contributed by atoms with Crippen LogP contribution in [0.15, 0.2) is 18.2 Å². The number of aliphatic hydroxyl groups excluding tert-OH is 1. The first-order chi connectivity index (χ1) is 6.15. The Morgan fingerprint density at radius 2 is 2.31 bits per heavy atom. The van der Waals surface area contributed by atoms with Crippen molar-refractivity contribution in [2.45, 2.75) is 19.4 Å². The Labute approximate surface area is 76.2 Å². The number of aliphatic hydroxyl groups is 1. The van der Waals surface area contributed by atoms with Gasteiger partial charge in [0.15, 0.2) is 0 Å². The largest absolute Gasteiger partial charge is 0.387 e. The highest BCUT2D eigenvalue weighted by Crippen LogP contribution is 2.20. The summed E-state index contributed by atoms with van der Waals surface area (Å²) in [6.45, 7) is 1.71. The van der Waals surface area contributed by atoms with Crippen molar-refractivity contribution in [1.29, 1.82) is 5.26 Å². The van der Waals surface area contributed by atoms with Crippen molar-refractivity contribution < 1.29 is 9.50 Å².